The fraction of sp³-hybridized carbons (Fsp3) is 0.577. The Morgan fingerprint density at radius 3 is 2.45 bits per heavy atom. The lowest BCUT2D eigenvalue weighted by Crippen LogP contribution is -2.58. The van der Waals surface area contributed by atoms with E-state index in [1.165, 1.54) is 4.90 Å². The lowest BCUT2D eigenvalue weighted by atomic mass is 9.96. The molecule has 0 radical (unpaired) electrons. The number of rotatable bonds is 14. The number of nitrogens with one attached hydrogen (secondary N) is 2. The topological polar surface area (TPSA) is 206 Å². The van der Waals surface area contributed by atoms with Gasteiger partial charge in [-0.1, -0.05) is 50.6 Å². The number of nitrogens with zero attached hydrogens (tertiary/aromatic N) is 2. The SMILES string of the molecule is CCC(C)C(NC(=O)C(N)Cc1ccccc1)C(=O)N1CCCC1C(=O)NC(CCCN=C(N)N)C(=O)O. The average molecular weight is 532 g/mol. The summed E-state index contributed by atoms with van der Waals surface area (Å²) in [5.74, 6) is -2.85. The summed E-state index contributed by atoms with van der Waals surface area (Å²) in [6.45, 7) is 4.33. The van der Waals surface area contributed by atoms with E-state index in [0.29, 0.717) is 38.6 Å². The number of nitrogens with two attached hydrogens (primary N) is 3. The third-order valence-corrected chi connectivity index (χ3v) is 6.81. The molecule has 38 heavy (non-hydrogen) atoms. The Balaban J connectivity index is 2.07. The first-order valence-electron chi connectivity index (χ1n) is 13.0. The van der Waals surface area contributed by atoms with Crippen molar-refractivity contribution in [2.45, 2.75) is 76.5 Å². The van der Waals surface area contributed by atoms with Crippen LogP contribution in [0.2, 0.25) is 0 Å². The molecule has 1 fully saturated rings. The number of aliphatic carboxylic acids is 1. The van der Waals surface area contributed by atoms with Gasteiger partial charge in [-0.25, -0.2) is 4.79 Å². The summed E-state index contributed by atoms with van der Waals surface area (Å²) in [6.07, 6.45) is 2.40. The van der Waals surface area contributed by atoms with Crippen molar-refractivity contribution < 1.29 is 24.3 Å². The highest BCUT2D eigenvalue weighted by Gasteiger charge is 2.40. The second kappa shape index (κ2) is 14.9. The van der Waals surface area contributed by atoms with Gasteiger partial charge in [0.1, 0.15) is 18.1 Å². The van der Waals surface area contributed by atoms with Crippen LogP contribution in [0.4, 0.5) is 0 Å². The molecule has 12 nitrogen and oxygen atoms in total. The Hall–Kier alpha value is -3.67. The quantitative estimate of drug-likeness (QED) is 0.106. The maximum Gasteiger partial charge on any atom is 0.326 e. The molecule has 0 spiro atoms. The zero-order valence-corrected chi connectivity index (χ0v) is 22.1. The number of hydrogen-bond donors (Lipinski definition) is 6. The highest BCUT2D eigenvalue weighted by molar-refractivity contribution is 5.94. The summed E-state index contributed by atoms with van der Waals surface area (Å²) in [5.41, 5.74) is 17.6. The molecule has 1 aliphatic heterocycles. The summed E-state index contributed by atoms with van der Waals surface area (Å²) in [7, 11) is 0. The van der Waals surface area contributed by atoms with Crippen LogP contribution >= 0.6 is 0 Å². The first kappa shape index (κ1) is 30.6. The standard InChI is InChI=1S/C26H41N7O5/c1-3-16(2)21(32-22(34)18(27)15-17-9-5-4-6-10-17)24(36)33-14-8-12-20(33)23(35)31-19(25(37)38)11-7-13-30-26(28)29/h4-6,9-10,16,18-21H,3,7-8,11-15,27H2,1-2H3,(H,31,35)(H,32,34)(H,37,38)(H4,28,29,30). The minimum atomic E-state index is -1.18. The van der Waals surface area contributed by atoms with Crippen molar-refractivity contribution in [1.29, 1.82) is 0 Å². The maximum absolute atomic E-state index is 13.6. The molecular formula is C26H41N7O5. The Morgan fingerprint density at radius 1 is 1.16 bits per heavy atom. The van der Waals surface area contributed by atoms with Crippen molar-refractivity contribution in [3.63, 3.8) is 0 Å². The number of carboxylic acids is 1. The molecule has 1 aromatic rings. The number of guanidine groups is 1. The number of likely N-dealkylation sites (tertiary alicyclic amines) is 1. The normalized spacial score (nSPS) is 18.1. The molecule has 1 aromatic carbocycles. The van der Waals surface area contributed by atoms with E-state index in [4.69, 9.17) is 17.2 Å². The van der Waals surface area contributed by atoms with Gasteiger partial charge in [-0.05, 0) is 43.6 Å². The van der Waals surface area contributed by atoms with Gasteiger partial charge in [0.2, 0.25) is 17.7 Å². The predicted molar refractivity (Wildman–Crippen MR) is 144 cm³/mol. The summed E-state index contributed by atoms with van der Waals surface area (Å²) in [5, 5.41) is 14.9. The Labute approximate surface area is 223 Å². The van der Waals surface area contributed by atoms with E-state index in [-0.39, 0.29) is 30.8 Å². The second-order valence-corrected chi connectivity index (χ2v) is 9.71. The number of amides is 3. The predicted octanol–water partition coefficient (Wildman–Crippen LogP) is -0.299. The van der Waals surface area contributed by atoms with Crippen molar-refractivity contribution in [1.82, 2.24) is 15.5 Å². The molecule has 0 aliphatic carbocycles. The Morgan fingerprint density at radius 2 is 1.84 bits per heavy atom. The lowest BCUT2D eigenvalue weighted by Gasteiger charge is -2.32. The van der Waals surface area contributed by atoms with Gasteiger partial charge in [0, 0.05) is 13.1 Å². The van der Waals surface area contributed by atoms with Gasteiger partial charge in [0.15, 0.2) is 5.96 Å². The third kappa shape index (κ3) is 9.02. The zero-order chi connectivity index (χ0) is 28.2. The van der Waals surface area contributed by atoms with Crippen LogP contribution in [-0.4, -0.2) is 76.9 Å². The number of carbonyl (C=O) groups is 4. The minimum absolute atomic E-state index is 0.0926. The molecule has 0 aromatic heterocycles. The molecule has 0 bridgehead atoms. The van der Waals surface area contributed by atoms with Gasteiger partial charge < -0.3 is 37.8 Å². The third-order valence-electron chi connectivity index (χ3n) is 6.81. The largest absolute Gasteiger partial charge is 0.480 e. The molecule has 3 amide bonds. The summed E-state index contributed by atoms with van der Waals surface area (Å²) >= 11 is 0. The highest BCUT2D eigenvalue weighted by Crippen LogP contribution is 2.22. The van der Waals surface area contributed by atoms with E-state index in [1.54, 1.807) is 0 Å². The Bertz CT molecular complexity index is 983. The number of benzene rings is 1. The van der Waals surface area contributed by atoms with Crippen LogP contribution in [0.25, 0.3) is 0 Å². The van der Waals surface area contributed by atoms with Gasteiger partial charge in [-0.3, -0.25) is 19.4 Å². The minimum Gasteiger partial charge on any atom is -0.480 e. The molecule has 0 saturated carbocycles. The molecule has 9 N–H and O–H groups in total. The van der Waals surface area contributed by atoms with E-state index in [9.17, 15) is 24.3 Å². The van der Waals surface area contributed by atoms with Crippen molar-refractivity contribution in [3.8, 4) is 0 Å². The van der Waals surface area contributed by atoms with Crippen LogP contribution in [0.1, 0.15) is 51.5 Å². The smallest absolute Gasteiger partial charge is 0.326 e. The molecule has 1 heterocycles. The van der Waals surface area contributed by atoms with Crippen LogP contribution in [0.3, 0.4) is 0 Å². The van der Waals surface area contributed by atoms with Gasteiger partial charge in [-0.2, -0.15) is 0 Å². The molecular weight excluding hydrogens is 490 g/mol. The van der Waals surface area contributed by atoms with Crippen LogP contribution in [0, 0.1) is 5.92 Å². The van der Waals surface area contributed by atoms with Crippen molar-refractivity contribution in [3.05, 3.63) is 35.9 Å². The zero-order valence-electron chi connectivity index (χ0n) is 22.1. The first-order chi connectivity index (χ1) is 18.0. The molecule has 5 unspecified atom stereocenters. The van der Waals surface area contributed by atoms with Gasteiger partial charge >= 0.3 is 5.97 Å². The summed E-state index contributed by atoms with van der Waals surface area (Å²) in [6, 6.07) is 5.68. The van der Waals surface area contributed by atoms with Crippen LogP contribution in [-0.2, 0) is 25.6 Å². The van der Waals surface area contributed by atoms with Crippen LogP contribution in [0.5, 0.6) is 0 Å². The van der Waals surface area contributed by atoms with E-state index in [1.807, 2.05) is 44.2 Å². The summed E-state index contributed by atoms with van der Waals surface area (Å²) < 4.78 is 0. The molecule has 1 aliphatic rings. The van der Waals surface area contributed by atoms with E-state index in [0.717, 1.165) is 5.56 Å². The molecule has 5 atom stereocenters. The lowest BCUT2D eigenvalue weighted by molar-refractivity contribution is -0.145. The first-order valence-corrected chi connectivity index (χ1v) is 13.0. The molecule has 1 saturated heterocycles. The molecule has 2 rings (SSSR count). The monoisotopic (exact) mass is 531 g/mol. The van der Waals surface area contributed by atoms with Crippen LogP contribution < -0.4 is 27.8 Å². The fourth-order valence-electron chi connectivity index (χ4n) is 4.41. The van der Waals surface area contributed by atoms with Crippen molar-refractivity contribution in [2.75, 3.05) is 13.1 Å². The van der Waals surface area contributed by atoms with E-state index < -0.39 is 42.0 Å². The van der Waals surface area contributed by atoms with Crippen LogP contribution in [0.15, 0.2) is 35.3 Å². The van der Waals surface area contributed by atoms with E-state index in [2.05, 4.69) is 15.6 Å². The van der Waals surface area contributed by atoms with Crippen molar-refractivity contribution >= 4 is 29.7 Å². The highest BCUT2D eigenvalue weighted by atomic mass is 16.4. The fourth-order valence-corrected chi connectivity index (χ4v) is 4.41. The Kier molecular flexibility index (Phi) is 12.0. The second-order valence-electron chi connectivity index (χ2n) is 9.71. The number of carboxylic acid groups (broad SMARTS) is 1. The molecule has 210 valence electrons. The maximum atomic E-state index is 13.6. The number of hydrogen-bond acceptors (Lipinski definition) is 6. The van der Waals surface area contributed by atoms with Crippen molar-refractivity contribution in [2.24, 2.45) is 28.1 Å². The molecule has 12 heteroatoms. The van der Waals surface area contributed by atoms with E-state index >= 15 is 0 Å². The van der Waals surface area contributed by atoms with Gasteiger partial charge in [-0.15, -0.1) is 0 Å². The number of aliphatic imine (C=N–C) groups is 1. The average Bonchev–Trinajstić information content (AvgIpc) is 3.38. The number of carbonyl (C=O) groups excluding carboxylic acids is 3. The van der Waals surface area contributed by atoms with Gasteiger partial charge in [0.25, 0.3) is 0 Å². The summed E-state index contributed by atoms with van der Waals surface area (Å²) in [4.78, 5) is 56.6. The van der Waals surface area contributed by atoms with Gasteiger partial charge in [0.05, 0.1) is 6.04 Å².